The summed E-state index contributed by atoms with van der Waals surface area (Å²) in [7, 11) is 3.22. The largest absolute Gasteiger partial charge is 0.507 e. The van der Waals surface area contributed by atoms with Gasteiger partial charge in [0.2, 0.25) is 0 Å². The molecule has 0 aliphatic rings. The number of phenolic OH excluding ortho intramolecular Hbond substituents is 1. The number of nitrogens with zero attached hydrogens (tertiary/aromatic N) is 2. The third kappa shape index (κ3) is 9.99. The van der Waals surface area contributed by atoms with E-state index in [-0.39, 0.29) is 18.4 Å². The minimum absolute atomic E-state index is 0.0669. The molecule has 0 bridgehead atoms. The summed E-state index contributed by atoms with van der Waals surface area (Å²) in [6.45, 7) is 7.45. The van der Waals surface area contributed by atoms with Crippen LogP contribution in [-0.4, -0.2) is 60.4 Å². The summed E-state index contributed by atoms with van der Waals surface area (Å²) < 4.78 is 14.6. The quantitative estimate of drug-likeness (QED) is 0.216. The fourth-order valence-electron chi connectivity index (χ4n) is 3.79. The minimum atomic E-state index is -0.157. The first-order chi connectivity index (χ1) is 17.5. The van der Waals surface area contributed by atoms with Crippen LogP contribution in [0.15, 0.2) is 18.2 Å². The van der Waals surface area contributed by atoms with Gasteiger partial charge in [-0.3, -0.25) is 4.79 Å². The summed E-state index contributed by atoms with van der Waals surface area (Å²) >= 11 is 0. The molecule has 2 aromatic rings. The Morgan fingerprint density at radius 1 is 1.08 bits per heavy atom. The summed E-state index contributed by atoms with van der Waals surface area (Å²) in [5.74, 6) is 1.25. The number of carbonyl (C=O) groups excluding carboxylic acids is 1. The molecule has 0 spiro atoms. The predicted molar refractivity (Wildman–Crippen MR) is 141 cm³/mol. The van der Waals surface area contributed by atoms with Crippen molar-refractivity contribution in [3.05, 3.63) is 29.3 Å². The first-order valence-electron chi connectivity index (χ1n) is 12.7. The first-order valence-corrected chi connectivity index (χ1v) is 12.7. The molecule has 202 valence electrons. The van der Waals surface area contributed by atoms with Crippen molar-refractivity contribution in [2.24, 2.45) is 0 Å². The maximum atomic E-state index is 10.6. The Balaban J connectivity index is 0.00000118. The minimum Gasteiger partial charge on any atom is -0.507 e. The van der Waals surface area contributed by atoms with Crippen molar-refractivity contribution in [1.29, 1.82) is 0 Å². The molecule has 3 N–H and O–H groups in total. The van der Waals surface area contributed by atoms with Crippen molar-refractivity contribution in [3.63, 3.8) is 0 Å². The van der Waals surface area contributed by atoms with E-state index in [1.165, 1.54) is 12.8 Å². The van der Waals surface area contributed by atoms with Gasteiger partial charge in [-0.2, -0.15) is 0 Å². The van der Waals surface area contributed by atoms with Crippen LogP contribution in [0, 0.1) is 0 Å². The number of aromatic nitrogens is 2. The lowest BCUT2D eigenvalue weighted by atomic mass is 9.97. The molecule has 1 heterocycles. The monoisotopic (exact) mass is 505 g/mol. The van der Waals surface area contributed by atoms with Gasteiger partial charge in [0.15, 0.2) is 5.82 Å². The zero-order valence-corrected chi connectivity index (χ0v) is 22.4. The van der Waals surface area contributed by atoms with Gasteiger partial charge in [-0.1, -0.05) is 33.1 Å². The molecule has 1 unspecified atom stereocenters. The SMILES string of the molecule is CCCCCC(CC)Nc1nnc(-c2ccc(OC)cc2O)c(CCCOC)c1CO.CCOC=O. The smallest absolute Gasteiger partial charge is 0.293 e. The number of hydrogen-bond acceptors (Lipinski definition) is 9. The van der Waals surface area contributed by atoms with E-state index in [2.05, 4.69) is 34.1 Å². The number of ether oxygens (including phenoxy) is 3. The molecule has 0 aliphatic carbocycles. The average Bonchev–Trinajstić information content (AvgIpc) is 2.89. The van der Waals surface area contributed by atoms with Crippen molar-refractivity contribution in [2.75, 3.05) is 32.8 Å². The van der Waals surface area contributed by atoms with Gasteiger partial charge in [0.05, 0.1) is 20.3 Å². The first kappa shape index (κ1) is 31.1. The summed E-state index contributed by atoms with van der Waals surface area (Å²) in [6.07, 6.45) is 6.99. The Bertz CT molecular complexity index is 894. The molecule has 0 amide bonds. The Labute approximate surface area is 215 Å². The third-order valence-electron chi connectivity index (χ3n) is 5.80. The van der Waals surface area contributed by atoms with Crippen molar-refractivity contribution in [3.8, 4) is 22.8 Å². The summed E-state index contributed by atoms with van der Waals surface area (Å²) in [5, 5.41) is 33.2. The Hall–Kier alpha value is -2.91. The van der Waals surface area contributed by atoms with Gasteiger partial charge in [-0.25, -0.2) is 0 Å². The van der Waals surface area contributed by atoms with E-state index in [0.717, 1.165) is 36.8 Å². The summed E-state index contributed by atoms with van der Waals surface area (Å²) in [5.41, 5.74) is 2.74. The molecule has 0 saturated carbocycles. The number of aliphatic hydroxyl groups is 1. The lowest BCUT2D eigenvalue weighted by Gasteiger charge is -2.22. The van der Waals surface area contributed by atoms with Gasteiger partial charge in [0, 0.05) is 37.0 Å². The molecule has 1 aromatic carbocycles. The van der Waals surface area contributed by atoms with Crippen molar-refractivity contribution >= 4 is 12.3 Å². The lowest BCUT2D eigenvalue weighted by Crippen LogP contribution is -2.21. The molecule has 0 saturated heterocycles. The fourth-order valence-corrected chi connectivity index (χ4v) is 3.79. The molecule has 0 aliphatic heterocycles. The van der Waals surface area contributed by atoms with Crippen LogP contribution < -0.4 is 10.1 Å². The highest BCUT2D eigenvalue weighted by atomic mass is 16.5. The number of aliphatic hydroxyl groups excluding tert-OH is 1. The molecular weight excluding hydrogens is 462 g/mol. The van der Waals surface area contributed by atoms with Gasteiger partial charge in [-0.15, -0.1) is 10.2 Å². The van der Waals surface area contributed by atoms with Gasteiger partial charge >= 0.3 is 0 Å². The number of unbranched alkanes of at least 4 members (excludes halogenated alkanes) is 2. The number of carbonyl (C=O) groups is 1. The highest BCUT2D eigenvalue weighted by Crippen LogP contribution is 2.36. The molecule has 1 atom stereocenters. The van der Waals surface area contributed by atoms with E-state index in [1.54, 1.807) is 39.3 Å². The van der Waals surface area contributed by atoms with Crippen LogP contribution in [-0.2, 0) is 27.3 Å². The summed E-state index contributed by atoms with van der Waals surface area (Å²) in [6, 6.07) is 5.38. The highest BCUT2D eigenvalue weighted by molar-refractivity contribution is 5.73. The van der Waals surface area contributed by atoms with Crippen molar-refractivity contribution in [1.82, 2.24) is 10.2 Å². The molecule has 36 heavy (non-hydrogen) atoms. The van der Waals surface area contributed by atoms with Crippen LogP contribution in [0.1, 0.15) is 70.4 Å². The number of anilines is 1. The van der Waals surface area contributed by atoms with E-state index in [0.29, 0.717) is 48.9 Å². The number of rotatable bonds is 16. The number of nitrogens with one attached hydrogen (secondary N) is 1. The molecule has 2 rings (SSSR count). The standard InChI is InChI=1S/C24H37N3O4.C3H6O2/c1-5-7-8-10-17(6-2)25-24-21(16-28)19(11-9-14-30-3)23(26-27-24)20-13-12-18(31-4)15-22(20)29;1-2-5-3-4/h12-13,15,17,28-29H,5-11,14,16H2,1-4H3,(H,25,27);3H,2H2,1H3. The summed E-state index contributed by atoms with van der Waals surface area (Å²) in [4.78, 5) is 9.18. The van der Waals surface area contributed by atoms with E-state index in [4.69, 9.17) is 9.47 Å². The van der Waals surface area contributed by atoms with Gasteiger partial charge in [0.1, 0.15) is 17.2 Å². The number of hydrogen-bond donors (Lipinski definition) is 3. The number of benzene rings is 1. The van der Waals surface area contributed by atoms with Crippen molar-refractivity contribution in [2.45, 2.75) is 78.4 Å². The van der Waals surface area contributed by atoms with E-state index < -0.39 is 0 Å². The maximum absolute atomic E-state index is 10.6. The second-order valence-electron chi connectivity index (χ2n) is 8.29. The topological polar surface area (TPSA) is 123 Å². The molecule has 9 heteroatoms. The number of methoxy groups -OCH3 is 2. The molecule has 1 aromatic heterocycles. The zero-order valence-electron chi connectivity index (χ0n) is 22.4. The van der Waals surface area contributed by atoms with Crippen LogP contribution in [0.4, 0.5) is 5.82 Å². The van der Waals surface area contributed by atoms with Crippen LogP contribution in [0.2, 0.25) is 0 Å². The Morgan fingerprint density at radius 3 is 2.39 bits per heavy atom. The average molecular weight is 506 g/mol. The van der Waals surface area contributed by atoms with Crippen molar-refractivity contribution < 1.29 is 29.2 Å². The highest BCUT2D eigenvalue weighted by Gasteiger charge is 2.21. The van der Waals surface area contributed by atoms with E-state index in [1.807, 2.05) is 0 Å². The van der Waals surface area contributed by atoms with Gasteiger partial charge < -0.3 is 29.7 Å². The van der Waals surface area contributed by atoms with Crippen LogP contribution in [0.25, 0.3) is 11.3 Å². The number of phenols is 1. The Morgan fingerprint density at radius 2 is 1.86 bits per heavy atom. The van der Waals surface area contributed by atoms with Crippen LogP contribution >= 0.6 is 0 Å². The second-order valence-corrected chi connectivity index (χ2v) is 8.29. The predicted octanol–water partition coefficient (Wildman–Crippen LogP) is 4.88. The van der Waals surface area contributed by atoms with E-state index in [9.17, 15) is 15.0 Å². The van der Waals surface area contributed by atoms with E-state index >= 15 is 0 Å². The van der Waals surface area contributed by atoms with Crippen LogP contribution in [0.5, 0.6) is 11.5 Å². The molecule has 0 fully saturated rings. The molecule has 0 radical (unpaired) electrons. The molecule has 9 nitrogen and oxygen atoms in total. The van der Waals surface area contributed by atoms with Gasteiger partial charge in [-0.05, 0) is 50.3 Å². The third-order valence-corrected chi connectivity index (χ3v) is 5.80. The normalized spacial score (nSPS) is 11.3. The zero-order chi connectivity index (χ0) is 26.8. The Kier molecular flexibility index (Phi) is 15.9. The number of aromatic hydroxyl groups is 1. The van der Waals surface area contributed by atoms with Crippen LogP contribution in [0.3, 0.4) is 0 Å². The van der Waals surface area contributed by atoms with Gasteiger partial charge in [0.25, 0.3) is 6.47 Å². The maximum Gasteiger partial charge on any atom is 0.293 e. The fraction of sp³-hybridized carbons (Fsp3) is 0.593. The lowest BCUT2D eigenvalue weighted by molar-refractivity contribution is -0.128. The second kappa shape index (κ2) is 18.4. The molecular formula is C27H43N3O6.